The molecule has 0 bridgehead atoms. The van der Waals surface area contributed by atoms with Crippen LogP contribution in [0.15, 0.2) is 12.4 Å². The Labute approximate surface area is 95.8 Å². The molecule has 0 N–H and O–H groups in total. The second kappa shape index (κ2) is 5.60. The van der Waals surface area contributed by atoms with Crippen LogP contribution in [-0.4, -0.2) is 29.0 Å². The van der Waals surface area contributed by atoms with E-state index in [1.807, 2.05) is 0 Å². The number of alkyl halides is 3. The average molecular weight is 248 g/mol. The van der Waals surface area contributed by atoms with Gasteiger partial charge in [-0.2, -0.15) is 13.2 Å². The zero-order chi connectivity index (χ0) is 12.9. The van der Waals surface area contributed by atoms with Crippen molar-refractivity contribution in [2.24, 2.45) is 0 Å². The molecule has 0 aliphatic rings. The monoisotopic (exact) mass is 248 g/mol. The van der Waals surface area contributed by atoms with Crippen LogP contribution in [0.3, 0.4) is 0 Å². The van der Waals surface area contributed by atoms with E-state index in [4.69, 9.17) is 4.74 Å². The first-order valence-electron chi connectivity index (χ1n) is 4.88. The maximum absolute atomic E-state index is 11.9. The standard InChI is InChI=1S/C10H11F3N2O2/c1-17-9-5-7(14-6-15-9)8(16)3-2-4-10(11,12)13/h5-6H,2-4H2,1H3. The summed E-state index contributed by atoms with van der Waals surface area (Å²) in [5, 5.41) is 0. The molecule has 0 aromatic carbocycles. The molecule has 0 amide bonds. The minimum atomic E-state index is -4.23. The number of nitrogens with zero attached hydrogens (tertiary/aromatic N) is 2. The second-order valence-corrected chi connectivity index (χ2v) is 3.34. The van der Waals surface area contributed by atoms with Crippen molar-refractivity contribution in [3.63, 3.8) is 0 Å². The van der Waals surface area contributed by atoms with Crippen LogP contribution in [0.5, 0.6) is 5.88 Å². The number of ether oxygens (including phenoxy) is 1. The fourth-order valence-corrected chi connectivity index (χ4v) is 1.18. The predicted molar refractivity (Wildman–Crippen MR) is 52.8 cm³/mol. The molecular formula is C10H11F3N2O2. The molecule has 0 fully saturated rings. The van der Waals surface area contributed by atoms with Gasteiger partial charge in [-0.25, -0.2) is 9.97 Å². The molecule has 0 saturated heterocycles. The minimum absolute atomic E-state index is 0.0685. The van der Waals surface area contributed by atoms with Crippen LogP contribution < -0.4 is 4.74 Å². The van der Waals surface area contributed by atoms with E-state index in [1.165, 1.54) is 13.2 Å². The SMILES string of the molecule is COc1cc(C(=O)CCCC(F)(F)F)ncn1. The third kappa shape index (κ3) is 4.80. The van der Waals surface area contributed by atoms with Crippen LogP contribution in [0.4, 0.5) is 13.2 Å². The highest BCUT2D eigenvalue weighted by Crippen LogP contribution is 2.22. The summed E-state index contributed by atoms with van der Waals surface area (Å²) < 4.78 is 40.4. The van der Waals surface area contributed by atoms with E-state index in [0.717, 1.165) is 6.33 Å². The average Bonchev–Trinajstić information content (AvgIpc) is 2.27. The number of hydrogen-bond acceptors (Lipinski definition) is 4. The number of halogens is 3. The first-order valence-corrected chi connectivity index (χ1v) is 4.88. The fourth-order valence-electron chi connectivity index (χ4n) is 1.18. The topological polar surface area (TPSA) is 52.1 Å². The van der Waals surface area contributed by atoms with Crippen molar-refractivity contribution in [3.8, 4) is 5.88 Å². The normalized spacial score (nSPS) is 11.3. The van der Waals surface area contributed by atoms with Gasteiger partial charge in [0.1, 0.15) is 12.0 Å². The summed E-state index contributed by atoms with van der Waals surface area (Å²) in [6.07, 6.45) is -4.51. The molecule has 1 heterocycles. The Bertz CT molecular complexity index is 393. The molecule has 1 rings (SSSR count). The van der Waals surface area contributed by atoms with Gasteiger partial charge >= 0.3 is 6.18 Å². The van der Waals surface area contributed by atoms with E-state index in [0.29, 0.717) is 0 Å². The van der Waals surface area contributed by atoms with Gasteiger partial charge in [-0.3, -0.25) is 4.79 Å². The largest absolute Gasteiger partial charge is 0.481 e. The lowest BCUT2D eigenvalue weighted by Gasteiger charge is -2.05. The van der Waals surface area contributed by atoms with Crippen LogP contribution in [-0.2, 0) is 0 Å². The third-order valence-corrected chi connectivity index (χ3v) is 2.00. The Morgan fingerprint density at radius 1 is 1.41 bits per heavy atom. The molecule has 7 heteroatoms. The van der Waals surface area contributed by atoms with Crippen molar-refractivity contribution in [2.75, 3.05) is 7.11 Å². The Morgan fingerprint density at radius 3 is 2.71 bits per heavy atom. The predicted octanol–water partition coefficient (Wildman–Crippen LogP) is 2.40. The summed E-state index contributed by atoms with van der Waals surface area (Å²) >= 11 is 0. The van der Waals surface area contributed by atoms with Gasteiger partial charge in [-0.05, 0) is 6.42 Å². The van der Waals surface area contributed by atoms with Gasteiger partial charge in [0.25, 0.3) is 0 Å². The van der Waals surface area contributed by atoms with Crippen molar-refractivity contribution in [1.29, 1.82) is 0 Å². The minimum Gasteiger partial charge on any atom is -0.481 e. The van der Waals surface area contributed by atoms with Crippen molar-refractivity contribution < 1.29 is 22.7 Å². The Morgan fingerprint density at radius 2 is 2.12 bits per heavy atom. The lowest BCUT2D eigenvalue weighted by atomic mass is 10.1. The van der Waals surface area contributed by atoms with Gasteiger partial charge in [0.05, 0.1) is 7.11 Å². The van der Waals surface area contributed by atoms with Crippen LogP contribution in [0.2, 0.25) is 0 Å². The Kier molecular flexibility index (Phi) is 4.42. The maximum Gasteiger partial charge on any atom is 0.389 e. The lowest BCUT2D eigenvalue weighted by Crippen LogP contribution is -2.09. The number of rotatable bonds is 5. The van der Waals surface area contributed by atoms with Gasteiger partial charge in [0.2, 0.25) is 5.88 Å². The molecule has 1 aromatic rings. The molecular weight excluding hydrogens is 237 g/mol. The molecule has 4 nitrogen and oxygen atoms in total. The third-order valence-electron chi connectivity index (χ3n) is 2.00. The van der Waals surface area contributed by atoms with E-state index < -0.39 is 18.4 Å². The number of aromatic nitrogens is 2. The van der Waals surface area contributed by atoms with Crippen molar-refractivity contribution in [3.05, 3.63) is 18.1 Å². The second-order valence-electron chi connectivity index (χ2n) is 3.34. The summed E-state index contributed by atoms with van der Waals surface area (Å²) in [6, 6.07) is 1.30. The highest BCUT2D eigenvalue weighted by atomic mass is 19.4. The molecule has 0 saturated carbocycles. The summed E-state index contributed by atoms with van der Waals surface area (Å²) in [5.41, 5.74) is 0.0685. The summed E-state index contributed by atoms with van der Waals surface area (Å²) in [6.45, 7) is 0. The number of hydrogen-bond donors (Lipinski definition) is 0. The first kappa shape index (κ1) is 13.4. The number of Topliss-reactive ketones (excluding diaryl/α,β-unsaturated/α-hetero) is 1. The van der Waals surface area contributed by atoms with Gasteiger partial charge in [-0.15, -0.1) is 0 Å². The highest BCUT2D eigenvalue weighted by molar-refractivity contribution is 5.94. The van der Waals surface area contributed by atoms with Crippen molar-refractivity contribution >= 4 is 5.78 Å². The first-order chi connectivity index (χ1) is 7.92. The number of methoxy groups -OCH3 is 1. The van der Waals surface area contributed by atoms with Crippen LogP contribution >= 0.6 is 0 Å². The Balaban J connectivity index is 2.52. The van der Waals surface area contributed by atoms with E-state index in [2.05, 4.69) is 9.97 Å². The van der Waals surface area contributed by atoms with Crippen LogP contribution in [0.25, 0.3) is 0 Å². The summed E-state index contributed by atoms with van der Waals surface area (Å²) in [7, 11) is 1.38. The van der Waals surface area contributed by atoms with Crippen molar-refractivity contribution in [2.45, 2.75) is 25.4 Å². The molecule has 17 heavy (non-hydrogen) atoms. The zero-order valence-corrected chi connectivity index (χ0v) is 9.12. The highest BCUT2D eigenvalue weighted by Gasteiger charge is 2.26. The lowest BCUT2D eigenvalue weighted by molar-refractivity contribution is -0.135. The van der Waals surface area contributed by atoms with Crippen LogP contribution in [0, 0.1) is 0 Å². The summed E-state index contributed by atoms with van der Waals surface area (Å²) in [4.78, 5) is 18.9. The zero-order valence-electron chi connectivity index (χ0n) is 9.12. The maximum atomic E-state index is 11.9. The molecule has 0 atom stereocenters. The molecule has 1 aromatic heterocycles. The molecule has 0 aliphatic heterocycles. The van der Waals surface area contributed by atoms with Crippen molar-refractivity contribution in [1.82, 2.24) is 9.97 Å². The molecule has 0 spiro atoms. The van der Waals surface area contributed by atoms with Crippen LogP contribution in [0.1, 0.15) is 29.8 Å². The number of ketones is 1. The fraction of sp³-hybridized carbons (Fsp3) is 0.500. The number of carbonyl (C=O) groups excluding carboxylic acids is 1. The smallest absolute Gasteiger partial charge is 0.389 e. The van der Waals surface area contributed by atoms with E-state index in [1.54, 1.807) is 0 Å². The Hall–Kier alpha value is -1.66. The van der Waals surface area contributed by atoms with Gasteiger partial charge < -0.3 is 4.74 Å². The van der Waals surface area contributed by atoms with E-state index in [-0.39, 0.29) is 24.4 Å². The molecule has 0 radical (unpaired) electrons. The molecule has 0 aliphatic carbocycles. The van der Waals surface area contributed by atoms with Gasteiger partial charge in [0.15, 0.2) is 5.78 Å². The quantitative estimate of drug-likeness (QED) is 0.751. The summed E-state index contributed by atoms with van der Waals surface area (Å²) in [5.74, 6) is -0.242. The van der Waals surface area contributed by atoms with Gasteiger partial charge in [0, 0.05) is 18.9 Å². The van der Waals surface area contributed by atoms with Gasteiger partial charge in [-0.1, -0.05) is 0 Å². The molecule has 0 unspecified atom stereocenters. The number of carbonyl (C=O) groups is 1. The van der Waals surface area contributed by atoms with E-state index >= 15 is 0 Å². The van der Waals surface area contributed by atoms with E-state index in [9.17, 15) is 18.0 Å². The molecule has 94 valence electrons.